The average Bonchev–Trinajstić information content (AvgIpc) is 3.26. The topological polar surface area (TPSA) is 124 Å². The van der Waals surface area contributed by atoms with E-state index in [9.17, 15) is 19.5 Å². The van der Waals surface area contributed by atoms with Crippen LogP contribution in [0.3, 0.4) is 0 Å². The van der Waals surface area contributed by atoms with Gasteiger partial charge in [0.1, 0.15) is 5.70 Å². The van der Waals surface area contributed by atoms with Crippen molar-refractivity contribution < 1.29 is 19.5 Å². The lowest BCUT2D eigenvalue weighted by atomic mass is 9.97. The Morgan fingerprint density at radius 3 is 2.30 bits per heavy atom. The number of aryl methyl sites for hydroxylation is 3. The van der Waals surface area contributed by atoms with Crippen LogP contribution >= 0.6 is 0 Å². The molecule has 8 heteroatoms. The zero-order valence-corrected chi connectivity index (χ0v) is 21.0. The molecule has 0 saturated carbocycles. The van der Waals surface area contributed by atoms with Crippen LogP contribution in [0.1, 0.15) is 61.8 Å². The molecule has 2 amide bonds. The number of fused-ring (bicyclic) bond motifs is 1. The van der Waals surface area contributed by atoms with Crippen LogP contribution in [0.15, 0.2) is 66.6 Å². The molecule has 1 unspecified atom stereocenters. The Balaban J connectivity index is 1.55. The number of benzene rings is 3. The number of carboxylic acid groups (broad SMARTS) is 1. The van der Waals surface area contributed by atoms with E-state index >= 15 is 0 Å². The second-order valence-corrected chi connectivity index (χ2v) is 8.98. The molecule has 0 radical (unpaired) electrons. The van der Waals surface area contributed by atoms with E-state index in [2.05, 4.69) is 20.6 Å². The first-order valence-electron chi connectivity index (χ1n) is 11.8. The summed E-state index contributed by atoms with van der Waals surface area (Å²) in [5.41, 5.74) is 3.64. The Bertz CT molecular complexity index is 1520. The third kappa shape index (κ3) is 5.43. The molecule has 1 heterocycles. The van der Waals surface area contributed by atoms with E-state index in [4.69, 9.17) is 0 Å². The summed E-state index contributed by atoms with van der Waals surface area (Å²) in [6.45, 7) is 7.12. The number of imidazole rings is 1. The second-order valence-electron chi connectivity index (χ2n) is 8.98. The van der Waals surface area contributed by atoms with Gasteiger partial charge in [-0.05, 0) is 73.4 Å². The predicted octanol–water partition coefficient (Wildman–Crippen LogP) is 4.83. The summed E-state index contributed by atoms with van der Waals surface area (Å²) in [6, 6.07) is 17.0. The number of rotatable bonds is 7. The number of hydrogen-bond donors (Lipinski definition) is 4. The predicted molar refractivity (Wildman–Crippen MR) is 142 cm³/mol. The van der Waals surface area contributed by atoms with Crippen LogP contribution < -0.4 is 10.6 Å². The summed E-state index contributed by atoms with van der Waals surface area (Å²) in [5.74, 6) is -2.13. The van der Waals surface area contributed by atoms with Gasteiger partial charge >= 0.3 is 5.97 Å². The molecule has 1 aromatic heterocycles. The number of hydrogen-bond acceptors (Lipinski definition) is 4. The van der Waals surface area contributed by atoms with Crippen molar-refractivity contribution in [1.29, 1.82) is 0 Å². The molecule has 0 aliphatic heterocycles. The van der Waals surface area contributed by atoms with E-state index in [0.717, 1.165) is 16.3 Å². The van der Waals surface area contributed by atoms with Gasteiger partial charge in [-0.3, -0.25) is 9.59 Å². The van der Waals surface area contributed by atoms with Crippen molar-refractivity contribution in [2.45, 2.75) is 33.7 Å². The van der Waals surface area contributed by atoms with Crippen LogP contribution in [0.4, 0.5) is 0 Å². The van der Waals surface area contributed by atoms with E-state index < -0.39 is 11.9 Å². The summed E-state index contributed by atoms with van der Waals surface area (Å²) in [5, 5.41) is 17.3. The maximum absolute atomic E-state index is 13.1. The number of nitrogens with one attached hydrogen (secondary N) is 3. The number of amides is 2. The van der Waals surface area contributed by atoms with Gasteiger partial charge in [-0.2, -0.15) is 0 Å². The van der Waals surface area contributed by atoms with Crippen molar-refractivity contribution >= 4 is 34.6 Å². The highest BCUT2D eigenvalue weighted by Gasteiger charge is 2.21. The normalized spacial score (nSPS) is 12.3. The summed E-state index contributed by atoms with van der Waals surface area (Å²) in [7, 11) is 0. The maximum atomic E-state index is 13.1. The SMILES string of the molecule is Cc1cc(C(=O)NC(C)c2cccc3ccccc23)cc(C)c1C(=O)NC(=Cc1nc[nH]c1C)C(=O)O. The molecule has 0 aliphatic rings. The Labute approximate surface area is 214 Å². The molecule has 0 bridgehead atoms. The van der Waals surface area contributed by atoms with Crippen molar-refractivity contribution in [1.82, 2.24) is 20.6 Å². The Kier molecular flexibility index (Phi) is 7.20. The van der Waals surface area contributed by atoms with Gasteiger partial charge in [0.2, 0.25) is 0 Å². The highest BCUT2D eigenvalue weighted by molar-refractivity contribution is 6.05. The van der Waals surface area contributed by atoms with Gasteiger partial charge < -0.3 is 20.7 Å². The number of nitrogens with zero attached hydrogens (tertiary/aromatic N) is 1. The largest absolute Gasteiger partial charge is 0.477 e. The molecule has 8 nitrogen and oxygen atoms in total. The summed E-state index contributed by atoms with van der Waals surface area (Å²) < 4.78 is 0. The molecule has 4 N–H and O–H groups in total. The van der Waals surface area contributed by atoms with Gasteiger partial charge in [0.15, 0.2) is 0 Å². The van der Waals surface area contributed by atoms with Crippen LogP contribution in [-0.4, -0.2) is 32.9 Å². The Hall–Kier alpha value is -4.72. The molecule has 37 heavy (non-hydrogen) atoms. The molecular weight excluding hydrogens is 468 g/mol. The van der Waals surface area contributed by atoms with Gasteiger partial charge in [-0.15, -0.1) is 0 Å². The zero-order chi connectivity index (χ0) is 26.7. The van der Waals surface area contributed by atoms with Crippen molar-refractivity contribution in [3.63, 3.8) is 0 Å². The molecule has 4 rings (SSSR count). The molecule has 3 aromatic carbocycles. The first-order chi connectivity index (χ1) is 17.7. The van der Waals surface area contributed by atoms with Crippen molar-refractivity contribution in [3.05, 3.63) is 106 Å². The first-order valence-corrected chi connectivity index (χ1v) is 11.8. The Morgan fingerprint density at radius 1 is 0.973 bits per heavy atom. The molecule has 0 aliphatic carbocycles. The van der Waals surface area contributed by atoms with Crippen LogP contribution in [0, 0.1) is 20.8 Å². The van der Waals surface area contributed by atoms with Gasteiger partial charge in [-0.1, -0.05) is 42.5 Å². The molecule has 0 saturated heterocycles. The molecular formula is C29H28N4O4. The van der Waals surface area contributed by atoms with Gasteiger partial charge in [0, 0.05) is 16.8 Å². The fraction of sp³-hybridized carbons (Fsp3) is 0.172. The van der Waals surface area contributed by atoms with Crippen molar-refractivity contribution in [2.24, 2.45) is 0 Å². The van der Waals surface area contributed by atoms with Gasteiger partial charge in [-0.25, -0.2) is 9.78 Å². The highest BCUT2D eigenvalue weighted by Crippen LogP contribution is 2.25. The van der Waals surface area contributed by atoms with Crippen LogP contribution in [0.25, 0.3) is 16.8 Å². The highest BCUT2D eigenvalue weighted by atomic mass is 16.4. The lowest BCUT2D eigenvalue weighted by molar-refractivity contribution is -0.132. The van der Waals surface area contributed by atoms with Gasteiger partial charge in [0.25, 0.3) is 11.8 Å². The average molecular weight is 497 g/mol. The summed E-state index contributed by atoms with van der Waals surface area (Å²) in [4.78, 5) is 44.8. The number of carbonyl (C=O) groups is 3. The molecule has 1 atom stereocenters. The number of carboxylic acids is 1. The van der Waals surface area contributed by atoms with E-state index in [-0.39, 0.29) is 17.6 Å². The molecule has 0 fully saturated rings. The minimum absolute atomic E-state index is 0.240. The number of carbonyl (C=O) groups excluding carboxylic acids is 2. The van der Waals surface area contributed by atoms with E-state index in [1.54, 1.807) is 32.9 Å². The zero-order valence-electron chi connectivity index (χ0n) is 21.0. The minimum Gasteiger partial charge on any atom is -0.477 e. The lowest BCUT2D eigenvalue weighted by Crippen LogP contribution is -2.29. The maximum Gasteiger partial charge on any atom is 0.352 e. The third-order valence-corrected chi connectivity index (χ3v) is 6.29. The first kappa shape index (κ1) is 25.4. The number of H-pyrrole nitrogens is 1. The lowest BCUT2D eigenvalue weighted by Gasteiger charge is -2.18. The fourth-order valence-electron chi connectivity index (χ4n) is 4.43. The molecule has 0 spiro atoms. The minimum atomic E-state index is -1.29. The van der Waals surface area contributed by atoms with Crippen molar-refractivity contribution in [3.8, 4) is 0 Å². The molecule has 4 aromatic rings. The standard InChI is InChI=1S/C29H28N4O4/c1-16-12-21(27(34)32-18(3)22-11-7-9-20-8-5-6-10-23(20)22)13-17(2)26(16)28(35)33-25(29(36)37)14-24-19(4)30-15-31-24/h5-15,18H,1-4H3,(H,30,31)(H,32,34)(H,33,35)(H,36,37). The number of aromatic amines is 1. The van der Waals surface area contributed by atoms with Gasteiger partial charge in [0.05, 0.1) is 18.1 Å². The fourth-order valence-corrected chi connectivity index (χ4v) is 4.43. The van der Waals surface area contributed by atoms with Crippen LogP contribution in [-0.2, 0) is 4.79 Å². The Morgan fingerprint density at radius 2 is 1.65 bits per heavy atom. The second kappa shape index (κ2) is 10.5. The smallest absolute Gasteiger partial charge is 0.352 e. The van der Waals surface area contributed by atoms with E-state index in [1.807, 2.05) is 49.4 Å². The summed E-state index contributed by atoms with van der Waals surface area (Å²) in [6.07, 6.45) is 2.74. The van der Waals surface area contributed by atoms with Crippen molar-refractivity contribution in [2.75, 3.05) is 0 Å². The van der Waals surface area contributed by atoms with E-state index in [1.165, 1.54) is 12.4 Å². The van der Waals surface area contributed by atoms with Crippen LogP contribution in [0.2, 0.25) is 0 Å². The van der Waals surface area contributed by atoms with Crippen LogP contribution in [0.5, 0.6) is 0 Å². The number of aliphatic carboxylic acids is 1. The third-order valence-electron chi connectivity index (χ3n) is 6.29. The number of aromatic nitrogens is 2. The van der Waals surface area contributed by atoms with E-state index in [0.29, 0.717) is 33.6 Å². The summed E-state index contributed by atoms with van der Waals surface area (Å²) >= 11 is 0. The monoisotopic (exact) mass is 496 g/mol. The molecule has 188 valence electrons. The quantitative estimate of drug-likeness (QED) is 0.273.